The van der Waals surface area contributed by atoms with Crippen molar-refractivity contribution in [2.24, 2.45) is 5.92 Å². The van der Waals surface area contributed by atoms with Gasteiger partial charge in [0.2, 0.25) is 0 Å². The molecular formula is C14H16Cl2N2. The van der Waals surface area contributed by atoms with E-state index in [4.69, 9.17) is 23.2 Å². The first-order chi connectivity index (χ1) is 8.69. The number of nitriles is 1. The Morgan fingerprint density at radius 3 is 2.39 bits per heavy atom. The molecule has 1 aliphatic rings. The molecule has 0 saturated heterocycles. The number of benzene rings is 1. The molecular weight excluding hydrogens is 267 g/mol. The minimum atomic E-state index is 0.0743. The van der Waals surface area contributed by atoms with Crippen LogP contribution in [0.1, 0.15) is 32.1 Å². The van der Waals surface area contributed by atoms with Gasteiger partial charge in [0, 0.05) is 21.8 Å². The third kappa shape index (κ3) is 3.54. The zero-order valence-corrected chi connectivity index (χ0v) is 11.6. The molecule has 2 atom stereocenters. The minimum absolute atomic E-state index is 0.0743. The van der Waals surface area contributed by atoms with E-state index in [1.165, 1.54) is 12.8 Å². The molecule has 1 saturated carbocycles. The van der Waals surface area contributed by atoms with E-state index in [1.54, 1.807) is 6.07 Å². The van der Waals surface area contributed by atoms with E-state index in [2.05, 4.69) is 11.4 Å². The number of nitrogens with one attached hydrogen (secondary N) is 1. The number of nitrogens with zero attached hydrogens (tertiary/aromatic N) is 1. The topological polar surface area (TPSA) is 35.8 Å². The molecule has 18 heavy (non-hydrogen) atoms. The van der Waals surface area contributed by atoms with Crippen molar-refractivity contribution in [1.29, 1.82) is 5.26 Å². The van der Waals surface area contributed by atoms with E-state index in [0.29, 0.717) is 10.0 Å². The van der Waals surface area contributed by atoms with E-state index in [1.807, 2.05) is 12.1 Å². The molecule has 0 heterocycles. The molecule has 1 N–H and O–H groups in total. The van der Waals surface area contributed by atoms with Crippen molar-refractivity contribution >= 4 is 28.9 Å². The second kappa shape index (κ2) is 6.31. The number of hydrogen-bond acceptors (Lipinski definition) is 2. The number of anilines is 1. The van der Waals surface area contributed by atoms with Crippen LogP contribution in [0.25, 0.3) is 0 Å². The van der Waals surface area contributed by atoms with Gasteiger partial charge in [0.15, 0.2) is 0 Å². The van der Waals surface area contributed by atoms with Gasteiger partial charge in [-0.05, 0) is 31.0 Å². The van der Waals surface area contributed by atoms with Gasteiger partial charge in [-0.25, -0.2) is 0 Å². The molecule has 0 spiro atoms. The van der Waals surface area contributed by atoms with Gasteiger partial charge in [-0.1, -0.05) is 42.5 Å². The highest BCUT2D eigenvalue weighted by atomic mass is 35.5. The van der Waals surface area contributed by atoms with Crippen molar-refractivity contribution in [1.82, 2.24) is 0 Å². The predicted octanol–water partition coefficient (Wildman–Crippen LogP) is 4.88. The number of halogens is 2. The van der Waals surface area contributed by atoms with Crippen LogP contribution in [0.5, 0.6) is 0 Å². The Balaban J connectivity index is 2.13. The van der Waals surface area contributed by atoms with Crippen LogP contribution < -0.4 is 5.32 Å². The molecule has 0 aromatic heterocycles. The van der Waals surface area contributed by atoms with Crippen molar-refractivity contribution in [2.75, 3.05) is 5.32 Å². The van der Waals surface area contributed by atoms with Crippen LogP contribution in [0.15, 0.2) is 18.2 Å². The normalized spacial score (nSPS) is 24.1. The van der Waals surface area contributed by atoms with Gasteiger partial charge < -0.3 is 5.32 Å². The largest absolute Gasteiger partial charge is 0.381 e. The van der Waals surface area contributed by atoms with Gasteiger partial charge in [0.1, 0.15) is 0 Å². The monoisotopic (exact) mass is 282 g/mol. The molecule has 0 radical (unpaired) electrons. The molecule has 1 fully saturated rings. The Morgan fingerprint density at radius 2 is 1.72 bits per heavy atom. The smallest absolute Gasteiger partial charge is 0.0677 e. The molecule has 2 nitrogen and oxygen atoms in total. The highest BCUT2D eigenvalue weighted by Crippen LogP contribution is 2.28. The van der Waals surface area contributed by atoms with E-state index in [9.17, 15) is 5.26 Å². The van der Waals surface area contributed by atoms with E-state index >= 15 is 0 Å². The molecule has 1 aliphatic carbocycles. The van der Waals surface area contributed by atoms with Gasteiger partial charge in [-0.15, -0.1) is 0 Å². The first-order valence-electron chi connectivity index (χ1n) is 6.31. The summed E-state index contributed by atoms with van der Waals surface area (Å²) in [6, 6.07) is 8.04. The number of hydrogen-bond donors (Lipinski definition) is 1. The summed E-state index contributed by atoms with van der Waals surface area (Å²) in [6.07, 6.45) is 5.54. The van der Waals surface area contributed by atoms with Crippen LogP contribution in [0.4, 0.5) is 5.69 Å². The van der Waals surface area contributed by atoms with Crippen LogP contribution >= 0.6 is 23.2 Å². The fraction of sp³-hybridized carbons (Fsp3) is 0.500. The van der Waals surface area contributed by atoms with Crippen molar-refractivity contribution in [3.05, 3.63) is 28.2 Å². The Kier molecular flexibility index (Phi) is 4.74. The van der Waals surface area contributed by atoms with Crippen LogP contribution in [0.2, 0.25) is 10.0 Å². The van der Waals surface area contributed by atoms with Gasteiger partial charge in [-0.2, -0.15) is 5.26 Å². The maximum absolute atomic E-state index is 9.23. The van der Waals surface area contributed by atoms with Gasteiger partial charge >= 0.3 is 0 Å². The average molecular weight is 283 g/mol. The quantitative estimate of drug-likeness (QED) is 0.785. The standard InChI is InChI=1S/C14H16Cl2N2/c15-11-6-12(16)8-13(7-11)18-14-5-3-1-2-4-10(14)9-17/h6-8,10,14,18H,1-5H2. The molecule has 0 aliphatic heterocycles. The van der Waals surface area contributed by atoms with Crippen LogP contribution in [0.3, 0.4) is 0 Å². The molecule has 0 bridgehead atoms. The molecule has 1 aromatic carbocycles. The SMILES string of the molecule is N#CC1CCCCCC1Nc1cc(Cl)cc(Cl)c1. The Hall–Kier alpha value is -0.910. The van der Waals surface area contributed by atoms with Crippen molar-refractivity contribution in [3.63, 3.8) is 0 Å². The van der Waals surface area contributed by atoms with Crippen LogP contribution in [-0.4, -0.2) is 6.04 Å². The Bertz CT molecular complexity index is 433. The third-order valence-corrected chi connectivity index (χ3v) is 3.83. The van der Waals surface area contributed by atoms with E-state index in [0.717, 1.165) is 24.9 Å². The second-order valence-electron chi connectivity index (χ2n) is 4.78. The molecule has 2 rings (SSSR count). The maximum Gasteiger partial charge on any atom is 0.0677 e. The third-order valence-electron chi connectivity index (χ3n) is 3.40. The Morgan fingerprint density at radius 1 is 1.06 bits per heavy atom. The summed E-state index contributed by atoms with van der Waals surface area (Å²) in [5, 5.41) is 13.9. The summed E-state index contributed by atoms with van der Waals surface area (Å²) in [6.45, 7) is 0. The summed E-state index contributed by atoms with van der Waals surface area (Å²) in [5.74, 6) is 0.0743. The Labute approximate surface area is 118 Å². The lowest BCUT2D eigenvalue weighted by molar-refractivity contribution is 0.514. The average Bonchev–Trinajstić information content (AvgIpc) is 2.52. The van der Waals surface area contributed by atoms with Gasteiger partial charge in [0.25, 0.3) is 0 Å². The first-order valence-corrected chi connectivity index (χ1v) is 7.07. The van der Waals surface area contributed by atoms with E-state index < -0.39 is 0 Å². The molecule has 1 aromatic rings. The van der Waals surface area contributed by atoms with E-state index in [-0.39, 0.29) is 12.0 Å². The molecule has 4 heteroatoms. The van der Waals surface area contributed by atoms with Crippen molar-refractivity contribution in [3.8, 4) is 6.07 Å². The zero-order valence-electron chi connectivity index (χ0n) is 10.1. The highest BCUT2D eigenvalue weighted by Gasteiger charge is 2.23. The lowest BCUT2D eigenvalue weighted by Crippen LogP contribution is -2.27. The van der Waals surface area contributed by atoms with Gasteiger partial charge in [-0.3, -0.25) is 0 Å². The van der Waals surface area contributed by atoms with Crippen LogP contribution in [-0.2, 0) is 0 Å². The summed E-state index contributed by atoms with van der Waals surface area (Å²) in [5.41, 5.74) is 0.902. The molecule has 0 amide bonds. The summed E-state index contributed by atoms with van der Waals surface area (Å²) >= 11 is 12.0. The predicted molar refractivity (Wildman–Crippen MR) is 76.1 cm³/mol. The lowest BCUT2D eigenvalue weighted by Gasteiger charge is -2.22. The van der Waals surface area contributed by atoms with Gasteiger partial charge in [0.05, 0.1) is 12.0 Å². The zero-order chi connectivity index (χ0) is 13.0. The summed E-state index contributed by atoms with van der Waals surface area (Å²) in [7, 11) is 0. The van der Waals surface area contributed by atoms with Crippen molar-refractivity contribution < 1.29 is 0 Å². The second-order valence-corrected chi connectivity index (χ2v) is 5.66. The van der Waals surface area contributed by atoms with Crippen LogP contribution in [0, 0.1) is 17.2 Å². The first kappa shape index (κ1) is 13.5. The number of rotatable bonds is 2. The fourth-order valence-electron chi connectivity index (χ4n) is 2.49. The summed E-state index contributed by atoms with van der Waals surface area (Å²) in [4.78, 5) is 0. The van der Waals surface area contributed by atoms with Crippen molar-refractivity contribution in [2.45, 2.75) is 38.1 Å². The fourth-order valence-corrected chi connectivity index (χ4v) is 3.01. The molecule has 2 unspecified atom stereocenters. The maximum atomic E-state index is 9.23. The molecule has 96 valence electrons. The highest BCUT2D eigenvalue weighted by molar-refractivity contribution is 6.35. The minimum Gasteiger partial charge on any atom is -0.381 e. The summed E-state index contributed by atoms with van der Waals surface area (Å²) < 4.78 is 0. The lowest BCUT2D eigenvalue weighted by atomic mass is 9.96.